The number of anilines is 1. The first-order valence-corrected chi connectivity index (χ1v) is 10.2. The average Bonchev–Trinajstić information content (AvgIpc) is 2.59. The number of hydrogen-bond acceptors (Lipinski definition) is 10. The van der Waals surface area contributed by atoms with Gasteiger partial charge in [-0.2, -0.15) is 5.10 Å². The Morgan fingerprint density at radius 2 is 1.53 bits per heavy atom. The number of benzene rings is 2. The molecule has 30 heavy (non-hydrogen) atoms. The fourth-order valence-electron chi connectivity index (χ4n) is 2.50. The van der Waals surface area contributed by atoms with Crippen LogP contribution in [0.25, 0.3) is 6.08 Å². The number of carbonyl (C=O) groups excluding carboxylic acids is 1. The first kappa shape index (κ1) is 27.0. The van der Waals surface area contributed by atoms with Crippen LogP contribution in [0, 0.1) is 0 Å². The Balaban J connectivity index is 0.00000225. The maximum Gasteiger partial charge on any atom is 1.00 e. The van der Waals surface area contributed by atoms with Crippen LogP contribution in [0.15, 0.2) is 57.4 Å². The molecule has 10 nitrogen and oxygen atoms in total. The molecule has 2 aromatic carbocycles. The molecule has 14 heteroatoms. The molecule has 0 atom stereocenters. The summed E-state index contributed by atoms with van der Waals surface area (Å²) in [6.07, 6.45) is 0.680. The molecule has 0 heterocycles. The zero-order valence-corrected chi connectivity index (χ0v) is 21.3. The third kappa shape index (κ3) is 5.79. The van der Waals surface area contributed by atoms with Crippen LogP contribution in [0.1, 0.15) is 15.9 Å². The van der Waals surface area contributed by atoms with Crippen molar-refractivity contribution < 1.29 is 95.0 Å². The summed E-state index contributed by atoms with van der Waals surface area (Å²) in [5.41, 5.74) is 1.12. The molecule has 0 unspecified atom stereocenters. The minimum Gasteiger partial charge on any atom is -0.744 e. The number of Topliss-reactive ketones (excluding diaryl/α,β-unsaturated/α-hetero) is 1. The van der Waals surface area contributed by atoms with E-state index in [-0.39, 0.29) is 59.1 Å². The molecule has 1 aliphatic carbocycles. The van der Waals surface area contributed by atoms with Gasteiger partial charge in [0.05, 0.1) is 21.1 Å². The van der Waals surface area contributed by atoms with E-state index in [1.165, 1.54) is 0 Å². The third-order valence-corrected chi connectivity index (χ3v) is 5.38. The van der Waals surface area contributed by atoms with Crippen LogP contribution in [0.2, 0.25) is 0 Å². The molecule has 0 fully saturated rings. The van der Waals surface area contributed by atoms with Crippen LogP contribution in [-0.2, 0) is 20.2 Å². The Kier molecular flexibility index (Phi) is 9.03. The van der Waals surface area contributed by atoms with Gasteiger partial charge in [-0.05, 0) is 35.9 Å². The molecule has 0 aliphatic heterocycles. The van der Waals surface area contributed by atoms with Crippen LogP contribution in [-0.4, -0.2) is 42.5 Å². The van der Waals surface area contributed by atoms with Gasteiger partial charge in [0.2, 0.25) is 5.78 Å². The number of phenols is 1. The maximum absolute atomic E-state index is 12.7. The van der Waals surface area contributed by atoms with Crippen molar-refractivity contribution in [3.8, 4) is 5.75 Å². The van der Waals surface area contributed by atoms with E-state index >= 15 is 0 Å². The standard InChI is InChI=1S/C16H12N2O8S2.2Na/c19-12-8-11(27(21,22)23)6-9-7-13(28(24,25)26)15(16(20)14(9)12)18-17-10-4-2-1-3-5-10;;/h1-8,17,19H,(H,21,22,23)(H,24,25,26);;/q;2*+1/p-2/b18-15+;;. The van der Waals surface area contributed by atoms with Crippen molar-refractivity contribution in [1.82, 2.24) is 0 Å². The molecule has 0 radical (unpaired) electrons. The Morgan fingerprint density at radius 1 is 0.933 bits per heavy atom. The van der Waals surface area contributed by atoms with Crippen LogP contribution in [0.4, 0.5) is 5.69 Å². The molecule has 0 aromatic heterocycles. The number of fused-ring (bicyclic) bond motifs is 1. The predicted molar refractivity (Wildman–Crippen MR) is 95.6 cm³/mol. The molecule has 0 spiro atoms. The van der Waals surface area contributed by atoms with E-state index in [0.717, 1.165) is 0 Å². The molecule has 0 saturated carbocycles. The second kappa shape index (κ2) is 10.0. The van der Waals surface area contributed by atoms with Crippen molar-refractivity contribution in [3.63, 3.8) is 0 Å². The first-order chi connectivity index (χ1) is 13.0. The van der Waals surface area contributed by atoms with Gasteiger partial charge in [0, 0.05) is 0 Å². The van der Waals surface area contributed by atoms with Gasteiger partial charge in [-0.15, -0.1) is 0 Å². The van der Waals surface area contributed by atoms with Crippen molar-refractivity contribution in [1.29, 1.82) is 0 Å². The Labute approximate surface area is 216 Å². The summed E-state index contributed by atoms with van der Waals surface area (Å²) in [4.78, 5) is 10.7. The van der Waals surface area contributed by atoms with Gasteiger partial charge in [0.1, 0.15) is 31.7 Å². The first-order valence-electron chi connectivity index (χ1n) is 7.43. The summed E-state index contributed by atoms with van der Waals surface area (Å²) in [6, 6.07) is 9.35. The van der Waals surface area contributed by atoms with Crippen molar-refractivity contribution in [2.75, 3.05) is 5.43 Å². The fraction of sp³-hybridized carbons (Fsp3) is 0. The Hall–Kier alpha value is -1.06. The number of nitrogens with one attached hydrogen (secondary N) is 1. The number of aromatic hydroxyl groups is 1. The minimum absolute atomic E-state index is 0. The van der Waals surface area contributed by atoms with Gasteiger partial charge in [-0.25, -0.2) is 16.8 Å². The topological polar surface area (TPSA) is 176 Å². The second-order valence-corrected chi connectivity index (χ2v) is 8.32. The smallest absolute Gasteiger partial charge is 0.744 e. The molecule has 0 saturated heterocycles. The number of phenolic OH excluding ortho intramolecular Hbond substituents is 1. The molecular formula is C16H10N2Na2O8S2. The van der Waals surface area contributed by atoms with E-state index in [1.807, 2.05) is 0 Å². The zero-order chi connectivity index (χ0) is 20.7. The number of rotatable bonds is 4. The van der Waals surface area contributed by atoms with Gasteiger partial charge < -0.3 is 14.2 Å². The summed E-state index contributed by atoms with van der Waals surface area (Å²) < 4.78 is 68.3. The number of ketones is 1. The van der Waals surface area contributed by atoms with Gasteiger partial charge >= 0.3 is 59.1 Å². The predicted octanol–water partition coefficient (Wildman–Crippen LogP) is -5.15. The number of allylic oxidation sites excluding steroid dienone is 1. The fourth-order valence-corrected chi connectivity index (χ4v) is 3.67. The summed E-state index contributed by atoms with van der Waals surface area (Å²) in [7, 11) is -10.2. The minimum atomic E-state index is -5.21. The quantitative estimate of drug-likeness (QED) is 0.252. The van der Waals surface area contributed by atoms with Gasteiger partial charge in [0.15, 0.2) is 0 Å². The normalized spacial score (nSPS) is 14.8. The number of carbonyl (C=O) groups is 1. The molecule has 0 bridgehead atoms. The van der Waals surface area contributed by atoms with E-state index < -0.39 is 58.4 Å². The van der Waals surface area contributed by atoms with E-state index in [1.54, 1.807) is 30.3 Å². The summed E-state index contributed by atoms with van der Waals surface area (Å²) in [5, 5.41) is 13.7. The monoisotopic (exact) mass is 468 g/mol. The van der Waals surface area contributed by atoms with Crippen LogP contribution in [0.3, 0.4) is 0 Å². The van der Waals surface area contributed by atoms with Gasteiger partial charge in [-0.1, -0.05) is 18.2 Å². The number of nitrogens with zero attached hydrogens (tertiary/aromatic N) is 1. The Bertz CT molecular complexity index is 1260. The third-order valence-electron chi connectivity index (χ3n) is 3.71. The van der Waals surface area contributed by atoms with Crippen LogP contribution in [0.5, 0.6) is 5.75 Å². The number of para-hydroxylation sites is 1. The summed E-state index contributed by atoms with van der Waals surface area (Å²) >= 11 is 0. The largest absolute Gasteiger partial charge is 1.00 e. The van der Waals surface area contributed by atoms with E-state index in [9.17, 15) is 35.8 Å². The van der Waals surface area contributed by atoms with Crippen molar-refractivity contribution in [2.24, 2.45) is 5.10 Å². The van der Waals surface area contributed by atoms with E-state index in [2.05, 4.69) is 10.5 Å². The van der Waals surface area contributed by atoms with Crippen molar-refractivity contribution >= 4 is 43.5 Å². The van der Waals surface area contributed by atoms with Gasteiger partial charge in [0.25, 0.3) is 0 Å². The zero-order valence-electron chi connectivity index (χ0n) is 15.7. The van der Waals surface area contributed by atoms with E-state index in [0.29, 0.717) is 23.9 Å². The Morgan fingerprint density at radius 3 is 2.07 bits per heavy atom. The number of hydrazone groups is 1. The average molecular weight is 468 g/mol. The number of hydrogen-bond donors (Lipinski definition) is 2. The molecule has 2 aromatic rings. The van der Waals surface area contributed by atoms with Crippen molar-refractivity contribution in [3.05, 3.63) is 58.5 Å². The molecule has 146 valence electrons. The maximum atomic E-state index is 12.7. The van der Waals surface area contributed by atoms with Gasteiger partial charge in [-0.3, -0.25) is 10.2 Å². The summed E-state index contributed by atoms with van der Waals surface area (Å²) in [5.74, 6) is -2.01. The molecule has 3 rings (SSSR count). The van der Waals surface area contributed by atoms with Crippen LogP contribution >= 0.6 is 0 Å². The molecular weight excluding hydrogens is 458 g/mol. The molecule has 1 aliphatic rings. The summed E-state index contributed by atoms with van der Waals surface area (Å²) in [6.45, 7) is 0. The second-order valence-electron chi connectivity index (χ2n) is 5.59. The molecule has 0 amide bonds. The van der Waals surface area contributed by atoms with Crippen molar-refractivity contribution in [2.45, 2.75) is 4.90 Å². The molecule has 2 N–H and O–H groups in total. The van der Waals surface area contributed by atoms with E-state index in [4.69, 9.17) is 0 Å². The van der Waals surface area contributed by atoms with Crippen LogP contribution < -0.4 is 64.5 Å². The SMILES string of the molecule is O=C1/C(=N/Nc2ccccc2)C(S(=O)(=O)[O-])=Cc2cc(S(=O)(=O)[O-])cc(O)c21.[Na+].[Na+].